The molecule has 1 heterocycles. The van der Waals surface area contributed by atoms with Gasteiger partial charge in [-0.3, -0.25) is 4.98 Å². The molecule has 84 valence electrons. The molecule has 1 rings (SSSR count). The smallest absolute Gasteiger partial charge is 0.0634 e. The van der Waals surface area contributed by atoms with Crippen LogP contribution in [0.1, 0.15) is 18.9 Å². The minimum Gasteiger partial charge on any atom is -0.382 e. The lowest BCUT2D eigenvalue weighted by molar-refractivity contribution is 0.144. The van der Waals surface area contributed by atoms with E-state index in [0.29, 0.717) is 0 Å². The number of nitrogens with one attached hydrogen (secondary N) is 1. The first kappa shape index (κ1) is 12.4. The average molecular weight is 229 g/mol. The molecule has 0 spiro atoms. The Morgan fingerprint density at radius 3 is 3.13 bits per heavy atom. The first-order valence-corrected chi connectivity index (χ1v) is 5.59. The Morgan fingerprint density at radius 1 is 1.53 bits per heavy atom. The molecule has 1 aromatic heterocycles. The van der Waals surface area contributed by atoms with Crippen molar-refractivity contribution in [1.82, 2.24) is 10.3 Å². The third-order valence-electron chi connectivity index (χ3n) is 2.02. The standard InChI is InChI=1S/C11H17ClN2O/c1-2-15-7-3-5-13-8-10-4-6-14-9-11(10)12/h4,6,9,13H,2-3,5,7-8H2,1H3. The van der Waals surface area contributed by atoms with Crippen LogP contribution in [0.3, 0.4) is 0 Å². The molecule has 1 N–H and O–H groups in total. The number of ether oxygens (including phenoxy) is 1. The van der Waals surface area contributed by atoms with Gasteiger partial charge in [0.05, 0.1) is 5.02 Å². The van der Waals surface area contributed by atoms with E-state index < -0.39 is 0 Å². The van der Waals surface area contributed by atoms with Gasteiger partial charge in [0.25, 0.3) is 0 Å². The van der Waals surface area contributed by atoms with E-state index >= 15 is 0 Å². The molecule has 0 atom stereocenters. The fourth-order valence-electron chi connectivity index (χ4n) is 1.21. The average Bonchev–Trinajstić information content (AvgIpc) is 2.25. The Hall–Kier alpha value is -0.640. The van der Waals surface area contributed by atoms with Crippen molar-refractivity contribution in [1.29, 1.82) is 0 Å². The molecule has 0 amide bonds. The minimum absolute atomic E-state index is 0.717. The summed E-state index contributed by atoms with van der Waals surface area (Å²) in [6.45, 7) is 5.33. The molecular weight excluding hydrogens is 212 g/mol. The van der Waals surface area contributed by atoms with Crippen molar-refractivity contribution in [3.8, 4) is 0 Å². The summed E-state index contributed by atoms with van der Waals surface area (Å²) in [6, 6.07) is 1.93. The lowest BCUT2D eigenvalue weighted by Crippen LogP contribution is -2.16. The first-order chi connectivity index (χ1) is 7.34. The van der Waals surface area contributed by atoms with Crippen LogP contribution in [0.5, 0.6) is 0 Å². The van der Waals surface area contributed by atoms with E-state index in [1.54, 1.807) is 12.4 Å². The van der Waals surface area contributed by atoms with Gasteiger partial charge in [0.15, 0.2) is 0 Å². The Morgan fingerprint density at radius 2 is 2.40 bits per heavy atom. The second-order valence-corrected chi connectivity index (χ2v) is 3.60. The normalized spacial score (nSPS) is 10.5. The van der Waals surface area contributed by atoms with Crippen molar-refractivity contribution in [2.24, 2.45) is 0 Å². The predicted octanol–water partition coefficient (Wildman–Crippen LogP) is 2.25. The van der Waals surface area contributed by atoms with E-state index in [1.165, 1.54) is 0 Å². The number of hydrogen-bond acceptors (Lipinski definition) is 3. The van der Waals surface area contributed by atoms with Crippen LogP contribution in [-0.2, 0) is 11.3 Å². The number of halogens is 1. The topological polar surface area (TPSA) is 34.1 Å². The molecule has 0 saturated carbocycles. The maximum Gasteiger partial charge on any atom is 0.0634 e. The summed E-state index contributed by atoms with van der Waals surface area (Å²) in [7, 11) is 0. The SMILES string of the molecule is CCOCCCNCc1ccncc1Cl. The van der Waals surface area contributed by atoms with E-state index in [0.717, 1.165) is 43.3 Å². The fourth-order valence-corrected chi connectivity index (χ4v) is 1.40. The number of aromatic nitrogens is 1. The van der Waals surface area contributed by atoms with Crippen molar-refractivity contribution in [3.05, 3.63) is 29.0 Å². The molecule has 0 aliphatic rings. The summed E-state index contributed by atoms with van der Waals surface area (Å²) in [4.78, 5) is 3.93. The van der Waals surface area contributed by atoms with Crippen molar-refractivity contribution in [2.75, 3.05) is 19.8 Å². The molecule has 3 nitrogen and oxygen atoms in total. The molecule has 0 bridgehead atoms. The van der Waals surface area contributed by atoms with Gasteiger partial charge in [-0.2, -0.15) is 0 Å². The molecule has 0 unspecified atom stereocenters. The van der Waals surface area contributed by atoms with Gasteiger partial charge in [-0.05, 0) is 31.5 Å². The third-order valence-corrected chi connectivity index (χ3v) is 2.36. The Labute approximate surface area is 95.8 Å². The molecule has 1 aromatic rings. The zero-order valence-electron chi connectivity index (χ0n) is 9.00. The first-order valence-electron chi connectivity index (χ1n) is 5.21. The molecule has 15 heavy (non-hydrogen) atoms. The summed E-state index contributed by atoms with van der Waals surface area (Å²) >= 11 is 5.96. The van der Waals surface area contributed by atoms with Crippen LogP contribution in [-0.4, -0.2) is 24.7 Å². The molecule has 0 aliphatic heterocycles. The molecule has 0 radical (unpaired) electrons. The summed E-state index contributed by atoms with van der Waals surface area (Å²) in [5.74, 6) is 0. The maximum absolute atomic E-state index is 5.96. The number of rotatable bonds is 7. The molecule has 0 saturated heterocycles. The number of hydrogen-bond donors (Lipinski definition) is 1. The highest BCUT2D eigenvalue weighted by Gasteiger charge is 1.97. The lowest BCUT2D eigenvalue weighted by atomic mass is 10.2. The Balaban J connectivity index is 2.12. The van der Waals surface area contributed by atoms with Crippen LogP contribution in [0.25, 0.3) is 0 Å². The van der Waals surface area contributed by atoms with E-state index in [1.807, 2.05) is 13.0 Å². The van der Waals surface area contributed by atoms with Gasteiger partial charge in [0.1, 0.15) is 0 Å². The van der Waals surface area contributed by atoms with Crippen molar-refractivity contribution in [2.45, 2.75) is 19.9 Å². The second-order valence-electron chi connectivity index (χ2n) is 3.19. The molecule has 0 aliphatic carbocycles. The largest absolute Gasteiger partial charge is 0.382 e. The van der Waals surface area contributed by atoms with E-state index in [2.05, 4.69) is 10.3 Å². The highest BCUT2D eigenvalue weighted by Crippen LogP contribution is 2.12. The molecular formula is C11H17ClN2O. The highest BCUT2D eigenvalue weighted by molar-refractivity contribution is 6.31. The van der Waals surface area contributed by atoms with Crippen molar-refractivity contribution >= 4 is 11.6 Å². The van der Waals surface area contributed by atoms with Gasteiger partial charge < -0.3 is 10.1 Å². The summed E-state index contributed by atoms with van der Waals surface area (Å²) in [5.41, 5.74) is 1.09. The van der Waals surface area contributed by atoms with Crippen LogP contribution < -0.4 is 5.32 Å². The van der Waals surface area contributed by atoms with Gasteiger partial charge in [-0.25, -0.2) is 0 Å². The number of nitrogens with zero attached hydrogens (tertiary/aromatic N) is 1. The van der Waals surface area contributed by atoms with Crippen LogP contribution in [0.15, 0.2) is 18.5 Å². The Kier molecular flexibility index (Phi) is 6.32. The molecule has 0 fully saturated rings. The Bertz CT molecular complexity index is 281. The predicted molar refractivity (Wildman–Crippen MR) is 62.1 cm³/mol. The second kappa shape index (κ2) is 7.63. The van der Waals surface area contributed by atoms with Crippen LogP contribution in [0.4, 0.5) is 0 Å². The zero-order valence-corrected chi connectivity index (χ0v) is 9.76. The van der Waals surface area contributed by atoms with Gasteiger partial charge in [0.2, 0.25) is 0 Å². The van der Waals surface area contributed by atoms with E-state index in [4.69, 9.17) is 16.3 Å². The monoisotopic (exact) mass is 228 g/mol. The van der Waals surface area contributed by atoms with Gasteiger partial charge in [0, 0.05) is 32.2 Å². The summed E-state index contributed by atoms with van der Waals surface area (Å²) in [6.07, 6.45) is 4.44. The lowest BCUT2D eigenvalue weighted by Gasteiger charge is -2.06. The highest BCUT2D eigenvalue weighted by atomic mass is 35.5. The minimum atomic E-state index is 0.717. The quantitative estimate of drug-likeness (QED) is 0.727. The van der Waals surface area contributed by atoms with Crippen LogP contribution in [0.2, 0.25) is 5.02 Å². The van der Waals surface area contributed by atoms with E-state index in [-0.39, 0.29) is 0 Å². The van der Waals surface area contributed by atoms with Crippen molar-refractivity contribution < 1.29 is 4.74 Å². The molecule has 0 aromatic carbocycles. The van der Waals surface area contributed by atoms with E-state index in [9.17, 15) is 0 Å². The molecule has 4 heteroatoms. The summed E-state index contributed by atoms with van der Waals surface area (Å²) < 4.78 is 5.23. The fraction of sp³-hybridized carbons (Fsp3) is 0.545. The number of pyridine rings is 1. The van der Waals surface area contributed by atoms with Crippen molar-refractivity contribution in [3.63, 3.8) is 0 Å². The van der Waals surface area contributed by atoms with Gasteiger partial charge in [-0.15, -0.1) is 0 Å². The zero-order chi connectivity index (χ0) is 10.9. The van der Waals surface area contributed by atoms with Gasteiger partial charge >= 0.3 is 0 Å². The van der Waals surface area contributed by atoms with Crippen LogP contribution in [0, 0.1) is 0 Å². The maximum atomic E-state index is 5.96. The summed E-state index contributed by atoms with van der Waals surface area (Å²) in [5, 5.41) is 4.03. The third kappa shape index (κ3) is 5.11. The van der Waals surface area contributed by atoms with Crippen LogP contribution >= 0.6 is 11.6 Å². The van der Waals surface area contributed by atoms with Gasteiger partial charge in [-0.1, -0.05) is 11.6 Å².